The summed E-state index contributed by atoms with van der Waals surface area (Å²) in [5, 5.41) is 10.0. The van der Waals surface area contributed by atoms with Gasteiger partial charge in [-0.3, -0.25) is 0 Å². The molecule has 0 aromatic heterocycles. The Bertz CT molecular complexity index is 669. The van der Waals surface area contributed by atoms with Crippen molar-refractivity contribution in [3.05, 3.63) is 58.6 Å². The fourth-order valence-corrected chi connectivity index (χ4v) is 2.36. The zero-order valence-corrected chi connectivity index (χ0v) is 13.1. The zero-order valence-electron chi connectivity index (χ0n) is 12.4. The maximum atomic E-state index is 11.5. The lowest BCUT2D eigenvalue weighted by atomic mass is 10.0. The fourth-order valence-electron chi connectivity index (χ4n) is 2.14. The summed E-state index contributed by atoms with van der Waals surface area (Å²) in [5.74, 6) is -0.120. The van der Waals surface area contributed by atoms with E-state index in [1.807, 2.05) is 13.0 Å². The Hall–Kier alpha value is -2.20. The molecule has 2 rings (SSSR count). The first-order valence-electron chi connectivity index (χ1n) is 6.78. The van der Waals surface area contributed by atoms with Crippen molar-refractivity contribution in [1.29, 1.82) is 0 Å². The van der Waals surface area contributed by atoms with E-state index < -0.39 is 12.1 Å². The molecule has 0 fully saturated rings. The van der Waals surface area contributed by atoms with E-state index in [9.17, 15) is 9.90 Å². The Kier molecular flexibility index (Phi) is 5.28. The molecule has 22 heavy (non-hydrogen) atoms. The summed E-state index contributed by atoms with van der Waals surface area (Å²) in [4.78, 5) is 11.5. The summed E-state index contributed by atoms with van der Waals surface area (Å²) in [6.45, 7) is 1.89. The number of carboxylic acid groups (broad SMARTS) is 1. The predicted octanol–water partition coefficient (Wildman–Crippen LogP) is 3.73. The van der Waals surface area contributed by atoms with E-state index in [2.05, 4.69) is 0 Å². The highest BCUT2D eigenvalue weighted by Gasteiger charge is 2.22. The van der Waals surface area contributed by atoms with Crippen LogP contribution in [0.2, 0.25) is 5.02 Å². The number of ether oxygens (including phenoxy) is 2. The summed E-state index contributed by atoms with van der Waals surface area (Å²) in [6.07, 6.45) is -0.757. The van der Waals surface area contributed by atoms with Gasteiger partial charge in [-0.1, -0.05) is 29.8 Å². The van der Waals surface area contributed by atoms with Crippen molar-refractivity contribution in [1.82, 2.24) is 0 Å². The van der Waals surface area contributed by atoms with Crippen LogP contribution in [0.15, 0.2) is 42.5 Å². The van der Waals surface area contributed by atoms with Crippen LogP contribution in [0.4, 0.5) is 0 Å². The van der Waals surface area contributed by atoms with Crippen LogP contribution in [0.5, 0.6) is 11.5 Å². The van der Waals surface area contributed by atoms with Gasteiger partial charge < -0.3 is 14.6 Å². The van der Waals surface area contributed by atoms with E-state index in [1.54, 1.807) is 36.4 Å². The van der Waals surface area contributed by atoms with Crippen LogP contribution < -0.4 is 9.47 Å². The lowest BCUT2D eigenvalue weighted by Gasteiger charge is -2.18. The highest BCUT2D eigenvalue weighted by Crippen LogP contribution is 2.28. The Balaban J connectivity index is 2.22. The third kappa shape index (κ3) is 3.92. The van der Waals surface area contributed by atoms with Crippen LogP contribution in [0.3, 0.4) is 0 Å². The van der Waals surface area contributed by atoms with E-state index in [0.717, 1.165) is 11.1 Å². The molecular weight excluding hydrogens is 304 g/mol. The lowest BCUT2D eigenvalue weighted by molar-refractivity contribution is -0.145. The minimum absolute atomic E-state index is 0.246. The van der Waals surface area contributed by atoms with Gasteiger partial charge in [0.2, 0.25) is 0 Å². The Morgan fingerprint density at radius 3 is 2.50 bits per heavy atom. The van der Waals surface area contributed by atoms with E-state index in [-0.39, 0.29) is 6.42 Å². The van der Waals surface area contributed by atoms with Crippen molar-refractivity contribution in [3.8, 4) is 11.5 Å². The topological polar surface area (TPSA) is 55.8 Å². The number of carbonyl (C=O) groups is 1. The third-order valence-corrected chi connectivity index (χ3v) is 3.56. The van der Waals surface area contributed by atoms with E-state index in [0.29, 0.717) is 16.5 Å². The summed E-state index contributed by atoms with van der Waals surface area (Å²) in [6, 6.07) is 12.3. The molecular formula is C17H17ClO4. The number of aliphatic carboxylic acids is 1. The molecule has 116 valence electrons. The molecule has 4 nitrogen and oxygen atoms in total. The molecule has 0 aliphatic rings. The molecule has 0 saturated heterocycles. The molecule has 0 radical (unpaired) electrons. The molecule has 0 saturated carbocycles. The number of aryl methyl sites for hydroxylation is 1. The van der Waals surface area contributed by atoms with E-state index in [4.69, 9.17) is 21.1 Å². The van der Waals surface area contributed by atoms with Crippen LogP contribution in [0, 0.1) is 6.92 Å². The van der Waals surface area contributed by atoms with Crippen molar-refractivity contribution < 1.29 is 19.4 Å². The number of hydrogen-bond acceptors (Lipinski definition) is 3. The molecule has 1 unspecified atom stereocenters. The highest BCUT2D eigenvalue weighted by atomic mass is 35.5. The van der Waals surface area contributed by atoms with Gasteiger partial charge in [0.15, 0.2) is 17.6 Å². The Morgan fingerprint density at radius 1 is 1.23 bits per heavy atom. The summed E-state index contributed by atoms with van der Waals surface area (Å²) in [7, 11) is 1.52. The molecule has 1 N–H and O–H groups in total. The van der Waals surface area contributed by atoms with Gasteiger partial charge in [0.1, 0.15) is 0 Å². The maximum Gasteiger partial charge on any atom is 0.345 e. The zero-order chi connectivity index (χ0) is 16.1. The van der Waals surface area contributed by atoms with Crippen molar-refractivity contribution in [2.45, 2.75) is 19.4 Å². The number of hydrogen-bond donors (Lipinski definition) is 1. The van der Waals surface area contributed by atoms with Gasteiger partial charge in [-0.05, 0) is 42.3 Å². The normalized spacial score (nSPS) is 11.8. The van der Waals surface area contributed by atoms with Crippen LogP contribution in [-0.4, -0.2) is 24.3 Å². The average Bonchev–Trinajstić information content (AvgIpc) is 2.49. The van der Waals surface area contributed by atoms with Gasteiger partial charge in [-0.2, -0.15) is 0 Å². The first kappa shape index (κ1) is 16.2. The Labute approximate surface area is 134 Å². The lowest BCUT2D eigenvalue weighted by Crippen LogP contribution is -2.29. The van der Waals surface area contributed by atoms with Crippen LogP contribution >= 0.6 is 11.6 Å². The van der Waals surface area contributed by atoms with Crippen molar-refractivity contribution >= 4 is 17.6 Å². The van der Waals surface area contributed by atoms with Crippen LogP contribution in [-0.2, 0) is 11.2 Å². The molecule has 0 aliphatic heterocycles. The average molecular weight is 321 g/mol. The minimum atomic E-state index is -1.03. The number of methoxy groups -OCH3 is 1. The molecule has 2 aromatic carbocycles. The second kappa shape index (κ2) is 7.18. The maximum absolute atomic E-state index is 11.5. The van der Waals surface area contributed by atoms with Gasteiger partial charge in [-0.15, -0.1) is 0 Å². The van der Waals surface area contributed by atoms with Gasteiger partial charge in [0.05, 0.1) is 7.11 Å². The van der Waals surface area contributed by atoms with Crippen LogP contribution in [0.1, 0.15) is 11.1 Å². The quantitative estimate of drug-likeness (QED) is 0.881. The molecule has 1 atom stereocenters. The van der Waals surface area contributed by atoms with Gasteiger partial charge in [0.25, 0.3) is 0 Å². The molecule has 0 bridgehead atoms. The standard InChI is InChI=1S/C17H17ClO4/c1-11-9-13(18)8-7-12(11)10-16(17(19)20)22-15-6-4-3-5-14(15)21-2/h3-9,16H,10H2,1-2H3,(H,19,20). The summed E-state index contributed by atoms with van der Waals surface area (Å²) >= 11 is 5.92. The minimum Gasteiger partial charge on any atom is -0.493 e. The molecule has 0 aliphatic carbocycles. The second-order valence-electron chi connectivity index (χ2n) is 4.87. The molecule has 5 heteroatoms. The van der Waals surface area contributed by atoms with E-state index in [1.165, 1.54) is 7.11 Å². The molecule has 2 aromatic rings. The molecule has 0 heterocycles. The number of rotatable bonds is 6. The van der Waals surface area contributed by atoms with Gasteiger partial charge in [-0.25, -0.2) is 4.79 Å². The molecule has 0 amide bonds. The smallest absolute Gasteiger partial charge is 0.345 e. The Morgan fingerprint density at radius 2 is 1.91 bits per heavy atom. The number of benzene rings is 2. The fraction of sp³-hybridized carbons (Fsp3) is 0.235. The SMILES string of the molecule is COc1ccccc1OC(Cc1ccc(Cl)cc1C)C(=O)O. The van der Waals surface area contributed by atoms with E-state index >= 15 is 0 Å². The number of halogens is 1. The van der Waals surface area contributed by atoms with Crippen molar-refractivity contribution in [2.75, 3.05) is 7.11 Å². The third-order valence-electron chi connectivity index (χ3n) is 3.32. The van der Waals surface area contributed by atoms with Crippen LogP contribution in [0.25, 0.3) is 0 Å². The van der Waals surface area contributed by atoms with Gasteiger partial charge in [0, 0.05) is 11.4 Å². The predicted molar refractivity (Wildman–Crippen MR) is 84.9 cm³/mol. The summed E-state index contributed by atoms with van der Waals surface area (Å²) < 4.78 is 10.8. The number of para-hydroxylation sites is 2. The van der Waals surface area contributed by atoms with Crippen molar-refractivity contribution in [3.63, 3.8) is 0 Å². The number of carboxylic acids is 1. The first-order chi connectivity index (χ1) is 10.5. The highest BCUT2D eigenvalue weighted by molar-refractivity contribution is 6.30. The van der Waals surface area contributed by atoms with Crippen molar-refractivity contribution in [2.24, 2.45) is 0 Å². The first-order valence-corrected chi connectivity index (χ1v) is 7.16. The monoisotopic (exact) mass is 320 g/mol. The van der Waals surface area contributed by atoms with Gasteiger partial charge >= 0.3 is 5.97 Å². The second-order valence-corrected chi connectivity index (χ2v) is 5.31. The summed E-state index contributed by atoms with van der Waals surface area (Å²) in [5.41, 5.74) is 1.81. The molecule has 0 spiro atoms. The largest absolute Gasteiger partial charge is 0.493 e.